The molecule has 5 heteroatoms. The minimum Gasteiger partial charge on any atom is -0.274 e. The fourth-order valence-corrected chi connectivity index (χ4v) is 10.8. The highest BCUT2D eigenvalue weighted by molar-refractivity contribution is 7.33. The van der Waals surface area contributed by atoms with Gasteiger partial charge in [0.05, 0.1) is 26.9 Å². The Balaban J connectivity index is 1.30. The third-order valence-electron chi connectivity index (χ3n) is 9.11. The van der Waals surface area contributed by atoms with E-state index >= 15 is 0 Å². The number of carbonyl (C=O) groups is 2. The summed E-state index contributed by atoms with van der Waals surface area (Å²) in [6.07, 6.45) is 8.86. The van der Waals surface area contributed by atoms with Crippen molar-refractivity contribution >= 4 is 70.4 Å². The molecule has 1 aliphatic heterocycles. The Labute approximate surface area is 221 Å². The normalized spacial score (nSPS) is 29.5. The number of benzene rings is 3. The lowest BCUT2D eigenvalue weighted by Crippen LogP contribution is -2.48. The van der Waals surface area contributed by atoms with Crippen LogP contribution in [0.1, 0.15) is 22.3 Å². The molecule has 3 aromatic carbocycles. The van der Waals surface area contributed by atoms with Gasteiger partial charge in [0.15, 0.2) is 0 Å². The van der Waals surface area contributed by atoms with Gasteiger partial charge in [0.2, 0.25) is 11.8 Å². The van der Waals surface area contributed by atoms with E-state index in [4.69, 9.17) is 0 Å². The molecule has 4 aliphatic carbocycles. The van der Waals surface area contributed by atoms with Crippen molar-refractivity contribution in [2.45, 2.75) is 11.8 Å². The van der Waals surface area contributed by atoms with Crippen LogP contribution in [0.4, 0.5) is 5.69 Å². The first-order valence-electron chi connectivity index (χ1n) is 12.9. The highest BCUT2D eigenvalue weighted by atomic mass is 32.1. The summed E-state index contributed by atoms with van der Waals surface area (Å²) in [6.45, 7) is 0. The summed E-state index contributed by atoms with van der Waals surface area (Å²) in [5, 5.41) is 3.82. The Kier molecular flexibility index (Phi) is 3.91. The second-order valence-electron chi connectivity index (χ2n) is 10.7. The SMILES string of the molecule is O=C1C2C(C(=O)N1c1ccccc1)C1c3c(sc4c3sc3cc5ccccc5cc34)C2C2C=CC=CC21. The van der Waals surface area contributed by atoms with E-state index in [0.29, 0.717) is 5.69 Å². The lowest BCUT2D eigenvalue weighted by Gasteiger charge is -2.51. The number of fused-ring (bicyclic) bond motifs is 4. The summed E-state index contributed by atoms with van der Waals surface area (Å²) in [5.74, 6) is -0.0501. The topological polar surface area (TPSA) is 37.4 Å². The monoisotopic (exact) mass is 515 g/mol. The average molecular weight is 516 g/mol. The molecule has 2 bridgehead atoms. The van der Waals surface area contributed by atoms with Gasteiger partial charge in [-0.25, -0.2) is 0 Å². The van der Waals surface area contributed by atoms with Gasteiger partial charge in [-0.1, -0.05) is 66.8 Å². The summed E-state index contributed by atoms with van der Waals surface area (Å²) in [7, 11) is 0. The van der Waals surface area contributed by atoms with Crippen LogP contribution in [0.3, 0.4) is 0 Å². The zero-order valence-corrected chi connectivity index (χ0v) is 21.3. The van der Waals surface area contributed by atoms with E-state index in [0.717, 1.165) is 0 Å². The third kappa shape index (κ3) is 2.47. The van der Waals surface area contributed by atoms with E-state index in [2.05, 4.69) is 60.7 Å². The number of allylic oxidation sites excluding steroid dienone is 4. The van der Waals surface area contributed by atoms with Crippen LogP contribution in [-0.2, 0) is 9.59 Å². The fraction of sp³-hybridized carbons (Fsp3) is 0.188. The molecule has 2 amide bonds. The summed E-state index contributed by atoms with van der Waals surface area (Å²) >= 11 is 3.75. The van der Waals surface area contributed by atoms with Gasteiger partial charge in [-0.2, -0.15) is 0 Å². The maximum atomic E-state index is 14.1. The summed E-state index contributed by atoms with van der Waals surface area (Å²) in [5.41, 5.74) is 2.05. The van der Waals surface area contributed by atoms with Crippen molar-refractivity contribution in [2.24, 2.45) is 23.7 Å². The molecule has 2 fully saturated rings. The maximum absolute atomic E-state index is 14.1. The Morgan fingerprint density at radius 1 is 0.649 bits per heavy atom. The number of anilines is 1. The average Bonchev–Trinajstić information content (AvgIpc) is 3.56. The molecule has 2 aromatic heterocycles. The minimum atomic E-state index is -0.301. The molecule has 1 saturated carbocycles. The van der Waals surface area contributed by atoms with Gasteiger partial charge in [-0.05, 0) is 52.4 Å². The quantitative estimate of drug-likeness (QED) is 0.215. The molecule has 0 radical (unpaired) electrons. The molecule has 3 heterocycles. The number of amides is 2. The van der Waals surface area contributed by atoms with Crippen molar-refractivity contribution < 1.29 is 9.59 Å². The van der Waals surface area contributed by atoms with Crippen LogP contribution >= 0.6 is 22.7 Å². The van der Waals surface area contributed by atoms with Crippen LogP contribution in [0.2, 0.25) is 0 Å². The number of nitrogens with zero attached hydrogens (tertiary/aromatic N) is 1. The smallest absolute Gasteiger partial charge is 0.238 e. The molecule has 3 nitrogen and oxygen atoms in total. The van der Waals surface area contributed by atoms with Crippen LogP contribution in [0.15, 0.2) is 91.0 Å². The molecule has 0 spiro atoms. The highest BCUT2D eigenvalue weighted by Crippen LogP contribution is 2.68. The van der Waals surface area contributed by atoms with Gasteiger partial charge in [0, 0.05) is 26.8 Å². The van der Waals surface area contributed by atoms with Crippen molar-refractivity contribution in [1.29, 1.82) is 0 Å². The number of carbonyl (C=O) groups excluding carboxylic acids is 2. The van der Waals surface area contributed by atoms with Crippen molar-refractivity contribution in [1.82, 2.24) is 0 Å². The van der Waals surface area contributed by atoms with E-state index in [9.17, 15) is 9.59 Å². The molecule has 5 aliphatic rings. The second kappa shape index (κ2) is 7.06. The first kappa shape index (κ1) is 20.5. The Bertz CT molecular complexity index is 1880. The molecule has 37 heavy (non-hydrogen) atoms. The zero-order chi connectivity index (χ0) is 24.4. The van der Waals surface area contributed by atoms with Crippen LogP contribution in [-0.4, -0.2) is 11.8 Å². The van der Waals surface area contributed by atoms with Crippen LogP contribution in [0, 0.1) is 23.7 Å². The minimum absolute atomic E-state index is 0.0177. The van der Waals surface area contributed by atoms with Crippen LogP contribution in [0.5, 0.6) is 0 Å². The van der Waals surface area contributed by atoms with E-state index in [-0.39, 0.29) is 47.3 Å². The van der Waals surface area contributed by atoms with Gasteiger partial charge in [-0.15, -0.1) is 22.7 Å². The van der Waals surface area contributed by atoms with Crippen molar-refractivity contribution in [3.8, 4) is 0 Å². The fourth-order valence-electron chi connectivity index (χ4n) is 7.73. The molecule has 6 atom stereocenters. The van der Waals surface area contributed by atoms with Gasteiger partial charge < -0.3 is 0 Å². The Hall–Kier alpha value is -3.54. The van der Waals surface area contributed by atoms with Gasteiger partial charge in [-0.3, -0.25) is 14.5 Å². The standard InChI is InChI=1S/C32H21NO2S2/c34-31-25-23-19-12-6-7-13-20(19)24(26(25)32(35)33(31)18-10-2-1-3-11-18)29-27(23)30-28(37-29)21-14-16-8-4-5-9-17(16)15-22(21)36-30/h1-15,19-20,23-26H. The molecule has 0 N–H and O–H groups in total. The second-order valence-corrected chi connectivity index (χ2v) is 12.8. The summed E-state index contributed by atoms with van der Waals surface area (Å²) in [6, 6.07) is 22.7. The number of rotatable bonds is 1. The predicted octanol–water partition coefficient (Wildman–Crippen LogP) is 7.63. The largest absolute Gasteiger partial charge is 0.274 e. The zero-order valence-electron chi connectivity index (χ0n) is 19.7. The molecule has 6 unspecified atom stereocenters. The van der Waals surface area contributed by atoms with Gasteiger partial charge in [0.25, 0.3) is 0 Å². The molecule has 10 rings (SSSR count). The van der Waals surface area contributed by atoms with E-state index in [1.54, 1.807) is 0 Å². The van der Waals surface area contributed by atoms with Crippen molar-refractivity contribution in [2.75, 3.05) is 4.90 Å². The lowest BCUT2D eigenvalue weighted by molar-refractivity contribution is -0.125. The lowest BCUT2D eigenvalue weighted by atomic mass is 9.50. The number of thiophene rings is 2. The van der Waals surface area contributed by atoms with E-state index in [1.807, 2.05) is 53.0 Å². The molecule has 1 saturated heterocycles. The summed E-state index contributed by atoms with van der Waals surface area (Å²) < 4.78 is 3.96. The van der Waals surface area contributed by atoms with E-state index in [1.165, 1.54) is 45.6 Å². The van der Waals surface area contributed by atoms with Gasteiger partial charge >= 0.3 is 0 Å². The molecule has 5 aromatic rings. The first-order valence-corrected chi connectivity index (χ1v) is 14.5. The molecule has 178 valence electrons. The summed E-state index contributed by atoms with van der Waals surface area (Å²) in [4.78, 5) is 30.9. The van der Waals surface area contributed by atoms with Gasteiger partial charge in [0.1, 0.15) is 0 Å². The maximum Gasteiger partial charge on any atom is 0.238 e. The van der Waals surface area contributed by atoms with E-state index < -0.39 is 0 Å². The highest BCUT2D eigenvalue weighted by Gasteiger charge is 2.66. The predicted molar refractivity (Wildman–Crippen MR) is 151 cm³/mol. The molecular weight excluding hydrogens is 494 g/mol. The number of hydrogen-bond donors (Lipinski definition) is 0. The Morgan fingerprint density at radius 2 is 1.30 bits per heavy atom. The number of hydrogen-bond acceptors (Lipinski definition) is 4. The van der Waals surface area contributed by atoms with Crippen LogP contribution < -0.4 is 4.90 Å². The van der Waals surface area contributed by atoms with Crippen molar-refractivity contribution in [3.63, 3.8) is 0 Å². The van der Waals surface area contributed by atoms with Crippen molar-refractivity contribution in [3.05, 3.63) is 101 Å². The number of para-hydroxylation sites is 1. The Morgan fingerprint density at radius 3 is 2.05 bits per heavy atom. The third-order valence-corrected chi connectivity index (χ3v) is 11.8. The molecular formula is C32H21NO2S2. The first-order chi connectivity index (χ1) is 18.2. The van der Waals surface area contributed by atoms with Crippen LogP contribution in [0.25, 0.3) is 30.3 Å². The number of imide groups is 1.